The summed E-state index contributed by atoms with van der Waals surface area (Å²) in [5.41, 5.74) is 6.25. The molecule has 0 radical (unpaired) electrons. The molecule has 0 saturated carbocycles. The molecule has 0 unspecified atom stereocenters. The van der Waals surface area contributed by atoms with Crippen LogP contribution < -0.4 is 5.73 Å². The minimum Gasteiger partial charge on any atom is -0.464 e. The highest BCUT2D eigenvalue weighted by Crippen LogP contribution is 2.22. The van der Waals surface area contributed by atoms with Gasteiger partial charge in [0.1, 0.15) is 11.5 Å². The molecule has 0 aliphatic rings. The minimum atomic E-state index is -0.538. The lowest BCUT2D eigenvalue weighted by Crippen LogP contribution is -2.00. The molecule has 0 aliphatic carbocycles. The number of carbonyl (C=O) groups excluding carboxylic acids is 1. The molecule has 2 aromatic rings. The van der Waals surface area contributed by atoms with Gasteiger partial charge in [-0.3, -0.25) is 0 Å². The van der Waals surface area contributed by atoms with Crippen LogP contribution in [-0.2, 0) is 4.74 Å². The van der Waals surface area contributed by atoms with E-state index in [0.717, 1.165) is 0 Å². The first-order valence-corrected chi connectivity index (χ1v) is 4.28. The lowest BCUT2D eigenvalue weighted by molar-refractivity contribution is 0.0595. The predicted molar refractivity (Wildman–Crippen MR) is 54.0 cm³/mol. The fraction of sp³-hybridized carbons (Fsp3) is 0.100. The van der Waals surface area contributed by atoms with E-state index in [4.69, 9.17) is 5.73 Å². The van der Waals surface area contributed by atoms with Gasteiger partial charge in [-0.05, 0) is 18.2 Å². The Morgan fingerprint density at radius 3 is 2.87 bits per heavy atom. The van der Waals surface area contributed by atoms with E-state index in [2.05, 4.69) is 9.72 Å². The third-order valence-electron chi connectivity index (χ3n) is 2.11. The van der Waals surface area contributed by atoms with E-state index in [-0.39, 0.29) is 11.2 Å². The van der Waals surface area contributed by atoms with Crippen LogP contribution in [0.15, 0.2) is 18.2 Å². The highest BCUT2D eigenvalue weighted by atomic mass is 19.1. The van der Waals surface area contributed by atoms with Crippen LogP contribution in [0.4, 0.5) is 10.1 Å². The number of ether oxygens (including phenoxy) is 1. The van der Waals surface area contributed by atoms with Gasteiger partial charge in [-0.15, -0.1) is 0 Å². The van der Waals surface area contributed by atoms with Crippen LogP contribution in [0.25, 0.3) is 10.9 Å². The Bertz CT molecular complexity index is 533. The summed E-state index contributed by atoms with van der Waals surface area (Å²) >= 11 is 0. The van der Waals surface area contributed by atoms with Crippen molar-refractivity contribution in [1.82, 2.24) is 4.98 Å². The van der Waals surface area contributed by atoms with E-state index in [1.54, 1.807) is 6.07 Å². The van der Waals surface area contributed by atoms with E-state index in [1.165, 1.54) is 19.2 Å². The summed E-state index contributed by atoms with van der Waals surface area (Å²) in [5.74, 6) is -1.02. The van der Waals surface area contributed by atoms with Crippen molar-refractivity contribution in [1.29, 1.82) is 0 Å². The van der Waals surface area contributed by atoms with Crippen LogP contribution in [0.2, 0.25) is 0 Å². The molecule has 4 nitrogen and oxygen atoms in total. The zero-order chi connectivity index (χ0) is 11.0. The number of nitrogen functional groups attached to an aromatic ring is 1. The second kappa shape index (κ2) is 3.27. The van der Waals surface area contributed by atoms with Crippen molar-refractivity contribution in [2.45, 2.75) is 0 Å². The number of esters is 1. The molecule has 1 heterocycles. The van der Waals surface area contributed by atoms with Crippen molar-refractivity contribution in [2.24, 2.45) is 0 Å². The highest BCUT2D eigenvalue weighted by Gasteiger charge is 2.12. The zero-order valence-corrected chi connectivity index (χ0v) is 8.00. The summed E-state index contributed by atoms with van der Waals surface area (Å²) in [4.78, 5) is 13.8. The Morgan fingerprint density at radius 2 is 2.20 bits per heavy atom. The van der Waals surface area contributed by atoms with E-state index in [1.807, 2.05) is 0 Å². The van der Waals surface area contributed by atoms with E-state index >= 15 is 0 Å². The van der Waals surface area contributed by atoms with Gasteiger partial charge in [0.2, 0.25) is 0 Å². The van der Waals surface area contributed by atoms with Crippen molar-refractivity contribution < 1.29 is 13.9 Å². The van der Waals surface area contributed by atoms with Gasteiger partial charge >= 0.3 is 5.97 Å². The first-order valence-electron chi connectivity index (χ1n) is 4.28. The first kappa shape index (κ1) is 9.51. The largest absolute Gasteiger partial charge is 0.464 e. The normalized spacial score (nSPS) is 10.5. The number of nitrogens with one attached hydrogen (secondary N) is 1. The molecule has 1 aromatic heterocycles. The summed E-state index contributed by atoms with van der Waals surface area (Å²) in [6.45, 7) is 0. The molecule has 0 saturated heterocycles. The molecular formula is C10H9FN2O2. The fourth-order valence-corrected chi connectivity index (χ4v) is 1.44. The van der Waals surface area contributed by atoms with Gasteiger partial charge in [0.25, 0.3) is 0 Å². The monoisotopic (exact) mass is 208 g/mol. The standard InChI is InChI=1S/C10H9FN2O2/c1-15-10(14)8-3-5-2-6(12)4-7(11)9(5)13-8/h2-4,13H,12H2,1H3. The molecular weight excluding hydrogens is 199 g/mol. The van der Waals surface area contributed by atoms with Crippen LogP contribution in [0.3, 0.4) is 0 Å². The summed E-state index contributed by atoms with van der Waals surface area (Å²) in [6, 6.07) is 4.28. The number of benzene rings is 1. The van der Waals surface area contributed by atoms with Crippen molar-refractivity contribution in [3.8, 4) is 0 Å². The average molecular weight is 208 g/mol. The first-order chi connectivity index (χ1) is 7.11. The maximum Gasteiger partial charge on any atom is 0.354 e. The molecule has 1 aromatic carbocycles. The SMILES string of the molecule is COC(=O)c1cc2cc(N)cc(F)c2[nH]1. The molecule has 0 bridgehead atoms. The number of anilines is 1. The third-order valence-corrected chi connectivity index (χ3v) is 2.11. The van der Waals surface area contributed by atoms with Crippen LogP contribution in [0.5, 0.6) is 0 Å². The van der Waals surface area contributed by atoms with Crippen molar-refractivity contribution >= 4 is 22.6 Å². The van der Waals surface area contributed by atoms with E-state index in [0.29, 0.717) is 11.1 Å². The number of fused-ring (bicyclic) bond motifs is 1. The minimum absolute atomic E-state index is 0.206. The highest BCUT2D eigenvalue weighted by molar-refractivity contribution is 5.95. The second-order valence-electron chi connectivity index (χ2n) is 3.14. The number of hydrogen-bond acceptors (Lipinski definition) is 3. The predicted octanol–water partition coefficient (Wildman–Crippen LogP) is 1.68. The van der Waals surface area contributed by atoms with Crippen molar-refractivity contribution in [3.63, 3.8) is 0 Å². The maximum absolute atomic E-state index is 13.4. The fourth-order valence-electron chi connectivity index (χ4n) is 1.44. The second-order valence-corrected chi connectivity index (χ2v) is 3.14. The maximum atomic E-state index is 13.4. The van der Waals surface area contributed by atoms with Gasteiger partial charge in [0, 0.05) is 11.1 Å². The number of H-pyrrole nitrogens is 1. The lowest BCUT2D eigenvalue weighted by atomic mass is 10.2. The summed E-state index contributed by atoms with van der Waals surface area (Å²) < 4.78 is 17.9. The molecule has 15 heavy (non-hydrogen) atoms. The third kappa shape index (κ3) is 1.52. The number of carbonyl (C=O) groups is 1. The number of aromatic nitrogens is 1. The zero-order valence-electron chi connectivity index (χ0n) is 8.00. The van der Waals surface area contributed by atoms with Gasteiger partial charge in [-0.1, -0.05) is 0 Å². The number of rotatable bonds is 1. The molecule has 0 spiro atoms. The van der Waals surface area contributed by atoms with Crippen LogP contribution >= 0.6 is 0 Å². The molecule has 0 atom stereocenters. The number of methoxy groups -OCH3 is 1. The van der Waals surface area contributed by atoms with E-state index < -0.39 is 11.8 Å². The van der Waals surface area contributed by atoms with Gasteiger partial charge < -0.3 is 15.5 Å². The van der Waals surface area contributed by atoms with Crippen LogP contribution in [0, 0.1) is 5.82 Å². The number of hydrogen-bond donors (Lipinski definition) is 2. The topological polar surface area (TPSA) is 68.1 Å². The van der Waals surface area contributed by atoms with Crippen molar-refractivity contribution in [3.05, 3.63) is 29.7 Å². The lowest BCUT2D eigenvalue weighted by Gasteiger charge is -1.95. The van der Waals surface area contributed by atoms with Gasteiger partial charge in [0.15, 0.2) is 0 Å². The van der Waals surface area contributed by atoms with Crippen molar-refractivity contribution in [2.75, 3.05) is 12.8 Å². The Kier molecular flexibility index (Phi) is 2.07. The van der Waals surface area contributed by atoms with Crippen LogP contribution in [0.1, 0.15) is 10.5 Å². The van der Waals surface area contributed by atoms with Gasteiger partial charge in [0.05, 0.1) is 12.6 Å². The smallest absolute Gasteiger partial charge is 0.354 e. The molecule has 3 N–H and O–H groups in total. The van der Waals surface area contributed by atoms with E-state index in [9.17, 15) is 9.18 Å². The molecule has 5 heteroatoms. The number of aromatic amines is 1. The molecule has 0 amide bonds. The average Bonchev–Trinajstić information content (AvgIpc) is 2.60. The van der Waals surface area contributed by atoms with Gasteiger partial charge in [-0.25, -0.2) is 9.18 Å². The Balaban J connectivity index is 2.65. The summed E-state index contributed by atoms with van der Waals surface area (Å²) in [7, 11) is 1.26. The number of nitrogens with two attached hydrogens (primary N) is 1. The Labute approximate surface area is 84.8 Å². The molecule has 78 valence electrons. The summed E-state index contributed by atoms with van der Waals surface area (Å²) in [6.07, 6.45) is 0. The van der Waals surface area contributed by atoms with Crippen LogP contribution in [-0.4, -0.2) is 18.1 Å². The van der Waals surface area contributed by atoms with Gasteiger partial charge in [-0.2, -0.15) is 0 Å². The Hall–Kier alpha value is -2.04. The summed E-state index contributed by atoms with van der Waals surface area (Å²) in [5, 5.41) is 0.549. The Morgan fingerprint density at radius 1 is 1.47 bits per heavy atom. The number of halogens is 1. The molecule has 2 rings (SSSR count). The molecule has 0 aliphatic heterocycles. The molecule has 0 fully saturated rings. The quantitative estimate of drug-likeness (QED) is 0.553.